The third-order valence-electron chi connectivity index (χ3n) is 4.63. The first kappa shape index (κ1) is 13.2. The molecule has 0 spiro atoms. The van der Waals surface area contributed by atoms with E-state index >= 15 is 0 Å². The summed E-state index contributed by atoms with van der Waals surface area (Å²) in [7, 11) is 0. The Morgan fingerprint density at radius 2 is 2.05 bits per heavy atom. The summed E-state index contributed by atoms with van der Waals surface area (Å²) >= 11 is 6.03. The van der Waals surface area contributed by atoms with Crippen LogP contribution in [0.5, 0.6) is 0 Å². The molecular weight excluding hydrogens is 260 g/mol. The Hall–Kier alpha value is -0.800. The van der Waals surface area contributed by atoms with E-state index in [2.05, 4.69) is 9.88 Å². The van der Waals surface area contributed by atoms with Crippen molar-refractivity contribution in [3.8, 4) is 0 Å². The number of rotatable bonds is 3. The van der Waals surface area contributed by atoms with Crippen molar-refractivity contribution in [2.45, 2.75) is 51.2 Å². The van der Waals surface area contributed by atoms with E-state index in [-0.39, 0.29) is 6.61 Å². The molecule has 1 saturated carbocycles. The summed E-state index contributed by atoms with van der Waals surface area (Å²) in [5.74, 6) is 1.82. The molecule has 1 saturated heterocycles. The third kappa shape index (κ3) is 2.59. The van der Waals surface area contributed by atoms with Gasteiger partial charge in [-0.2, -0.15) is 0 Å². The normalized spacial score (nSPS) is 24.3. The van der Waals surface area contributed by atoms with Crippen LogP contribution in [-0.2, 0) is 6.61 Å². The number of hydrogen-bond donors (Lipinski definition) is 1. The molecule has 19 heavy (non-hydrogen) atoms. The zero-order valence-electron chi connectivity index (χ0n) is 11.2. The predicted octanol–water partition coefficient (Wildman–Crippen LogP) is 3.39. The molecule has 1 N–H and O–H groups in total. The summed E-state index contributed by atoms with van der Waals surface area (Å²) in [6, 6.07) is 2.60. The smallest absolute Gasteiger partial charge is 0.129 e. The second-order valence-corrected chi connectivity index (χ2v) is 6.15. The average Bonchev–Trinajstić information content (AvgIpc) is 3.09. The van der Waals surface area contributed by atoms with Crippen molar-refractivity contribution in [2.75, 3.05) is 11.4 Å². The second kappa shape index (κ2) is 5.68. The molecule has 0 bridgehead atoms. The van der Waals surface area contributed by atoms with E-state index in [0.717, 1.165) is 23.8 Å². The topological polar surface area (TPSA) is 36.4 Å². The largest absolute Gasteiger partial charge is 0.392 e. The van der Waals surface area contributed by atoms with E-state index in [4.69, 9.17) is 11.6 Å². The number of nitrogens with zero attached hydrogens (tertiary/aromatic N) is 2. The quantitative estimate of drug-likeness (QED) is 0.922. The van der Waals surface area contributed by atoms with Gasteiger partial charge in [-0.1, -0.05) is 24.4 Å². The Morgan fingerprint density at radius 3 is 2.79 bits per heavy atom. The van der Waals surface area contributed by atoms with Crippen LogP contribution in [-0.4, -0.2) is 22.7 Å². The second-order valence-electron chi connectivity index (χ2n) is 5.74. The first-order valence-corrected chi connectivity index (χ1v) is 7.69. The van der Waals surface area contributed by atoms with Crippen LogP contribution < -0.4 is 4.90 Å². The maximum absolute atomic E-state index is 9.33. The van der Waals surface area contributed by atoms with Gasteiger partial charge in [0.1, 0.15) is 5.82 Å². The van der Waals surface area contributed by atoms with Gasteiger partial charge in [-0.05, 0) is 37.7 Å². The molecule has 1 aliphatic heterocycles. The van der Waals surface area contributed by atoms with Crippen molar-refractivity contribution >= 4 is 17.4 Å². The molecule has 2 heterocycles. The lowest BCUT2D eigenvalue weighted by Crippen LogP contribution is -2.35. The fraction of sp³-hybridized carbons (Fsp3) is 0.667. The number of hydrogen-bond acceptors (Lipinski definition) is 3. The lowest BCUT2D eigenvalue weighted by molar-refractivity contribution is 0.282. The minimum Gasteiger partial charge on any atom is -0.392 e. The third-order valence-corrected chi connectivity index (χ3v) is 4.97. The first-order valence-electron chi connectivity index (χ1n) is 7.31. The zero-order chi connectivity index (χ0) is 13.2. The molecule has 1 aromatic heterocycles. The number of aliphatic hydroxyl groups is 1. The van der Waals surface area contributed by atoms with Crippen molar-refractivity contribution < 1.29 is 5.11 Å². The van der Waals surface area contributed by atoms with E-state index in [0.29, 0.717) is 11.1 Å². The average molecular weight is 281 g/mol. The van der Waals surface area contributed by atoms with Gasteiger partial charge >= 0.3 is 0 Å². The fourth-order valence-electron chi connectivity index (χ4n) is 3.66. The first-order chi connectivity index (χ1) is 9.29. The minimum absolute atomic E-state index is 0.0176. The van der Waals surface area contributed by atoms with E-state index in [1.54, 1.807) is 6.20 Å². The Bertz CT molecular complexity index is 446. The van der Waals surface area contributed by atoms with E-state index < -0.39 is 0 Å². The highest BCUT2D eigenvalue weighted by Crippen LogP contribution is 2.37. The zero-order valence-corrected chi connectivity index (χ0v) is 11.9. The number of anilines is 1. The number of aliphatic hydroxyl groups excluding tert-OH is 1. The maximum atomic E-state index is 9.33. The van der Waals surface area contributed by atoms with Crippen LogP contribution in [0.3, 0.4) is 0 Å². The molecule has 3 rings (SSSR count). The van der Waals surface area contributed by atoms with Gasteiger partial charge in [-0.15, -0.1) is 0 Å². The van der Waals surface area contributed by atoms with Crippen LogP contribution >= 0.6 is 11.6 Å². The highest BCUT2D eigenvalue weighted by Gasteiger charge is 2.34. The van der Waals surface area contributed by atoms with Crippen LogP contribution in [0.4, 0.5) is 5.82 Å². The van der Waals surface area contributed by atoms with Crippen LogP contribution in [0.1, 0.15) is 44.1 Å². The fourth-order valence-corrected chi connectivity index (χ4v) is 3.82. The molecule has 0 amide bonds. The predicted molar refractivity (Wildman–Crippen MR) is 77.5 cm³/mol. The highest BCUT2D eigenvalue weighted by molar-refractivity contribution is 6.31. The number of pyridine rings is 1. The van der Waals surface area contributed by atoms with Crippen molar-refractivity contribution in [1.29, 1.82) is 0 Å². The SMILES string of the molecule is OCc1cc(N2CCCC2C2CCCC2)ncc1Cl. The summed E-state index contributed by atoms with van der Waals surface area (Å²) in [5.41, 5.74) is 0.781. The summed E-state index contributed by atoms with van der Waals surface area (Å²) in [5, 5.41) is 9.89. The molecule has 2 aliphatic rings. The minimum atomic E-state index is -0.0176. The summed E-state index contributed by atoms with van der Waals surface area (Å²) in [6.45, 7) is 1.07. The van der Waals surface area contributed by atoms with Crippen LogP contribution in [0, 0.1) is 5.92 Å². The van der Waals surface area contributed by atoms with Gasteiger partial charge in [-0.3, -0.25) is 0 Å². The van der Waals surface area contributed by atoms with Gasteiger partial charge in [0, 0.05) is 24.3 Å². The molecule has 2 fully saturated rings. The number of aromatic nitrogens is 1. The Morgan fingerprint density at radius 1 is 1.26 bits per heavy atom. The van der Waals surface area contributed by atoms with Gasteiger partial charge in [-0.25, -0.2) is 4.98 Å². The van der Waals surface area contributed by atoms with Crippen molar-refractivity contribution in [2.24, 2.45) is 5.92 Å². The van der Waals surface area contributed by atoms with Gasteiger partial charge in [0.05, 0.1) is 11.6 Å². The number of halogens is 1. The van der Waals surface area contributed by atoms with Crippen LogP contribution in [0.15, 0.2) is 12.3 Å². The molecule has 4 heteroatoms. The molecule has 0 aromatic carbocycles. The Balaban J connectivity index is 1.83. The van der Waals surface area contributed by atoms with E-state index in [1.807, 2.05) is 6.07 Å². The molecule has 1 atom stereocenters. The summed E-state index contributed by atoms with van der Waals surface area (Å²) < 4.78 is 0. The highest BCUT2D eigenvalue weighted by atomic mass is 35.5. The molecule has 1 aliphatic carbocycles. The van der Waals surface area contributed by atoms with Crippen molar-refractivity contribution in [3.05, 3.63) is 22.8 Å². The summed E-state index contributed by atoms with van der Waals surface area (Å²) in [4.78, 5) is 6.91. The molecule has 1 aromatic rings. The Kier molecular flexibility index (Phi) is 3.94. The lowest BCUT2D eigenvalue weighted by atomic mass is 9.96. The molecule has 3 nitrogen and oxygen atoms in total. The van der Waals surface area contributed by atoms with E-state index in [1.165, 1.54) is 38.5 Å². The Labute approximate surface area is 119 Å². The van der Waals surface area contributed by atoms with E-state index in [9.17, 15) is 5.11 Å². The van der Waals surface area contributed by atoms with Gasteiger partial charge in [0.15, 0.2) is 0 Å². The molecule has 104 valence electrons. The molecular formula is C15H21ClN2O. The molecule has 0 radical (unpaired) electrons. The standard InChI is InChI=1S/C15H21ClN2O/c16-13-9-17-15(8-12(13)10-19)18-7-3-6-14(18)11-4-1-2-5-11/h8-9,11,14,19H,1-7,10H2. The van der Waals surface area contributed by atoms with Crippen molar-refractivity contribution in [3.63, 3.8) is 0 Å². The summed E-state index contributed by atoms with van der Waals surface area (Å²) in [6.07, 6.45) is 9.69. The maximum Gasteiger partial charge on any atom is 0.129 e. The van der Waals surface area contributed by atoms with Gasteiger partial charge < -0.3 is 10.0 Å². The van der Waals surface area contributed by atoms with Gasteiger partial charge in [0.25, 0.3) is 0 Å². The molecule has 1 unspecified atom stereocenters. The lowest BCUT2D eigenvalue weighted by Gasteiger charge is -2.30. The van der Waals surface area contributed by atoms with Crippen molar-refractivity contribution in [1.82, 2.24) is 4.98 Å². The van der Waals surface area contributed by atoms with Gasteiger partial charge in [0.2, 0.25) is 0 Å². The van der Waals surface area contributed by atoms with Crippen LogP contribution in [0.2, 0.25) is 5.02 Å². The van der Waals surface area contributed by atoms with Crippen LogP contribution in [0.25, 0.3) is 0 Å². The monoisotopic (exact) mass is 280 g/mol.